The fourth-order valence-electron chi connectivity index (χ4n) is 14.5. The van der Waals surface area contributed by atoms with Gasteiger partial charge in [-0.25, -0.2) is 8.78 Å². The monoisotopic (exact) mass is 723 g/mol. The molecule has 0 bridgehead atoms. The molecule has 0 aromatic carbocycles. The molecule has 292 valence electrons. The van der Waals surface area contributed by atoms with Crippen LogP contribution < -0.4 is 5.73 Å². The molecule has 51 heavy (non-hydrogen) atoms. The fourth-order valence-corrected chi connectivity index (χ4v) is 14.5. The normalized spacial score (nSPS) is 50.9. The zero-order valence-corrected chi connectivity index (χ0v) is 32.3. The molecule has 9 nitrogen and oxygen atoms in total. The Morgan fingerprint density at radius 3 is 2.37 bits per heavy atom. The summed E-state index contributed by atoms with van der Waals surface area (Å²) in [6.45, 7) is 18.8. The van der Waals surface area contributed by atoms with E-state index in [-0.39, 0.29) is 77.1 Å². The van der Waals surface area contributed by atoms with Crippen molar-refractivity contribution in [3.63, 3.8) is 0 Å². The second-order valence-electron chi connectivity index (χ2n) is 20.0. The van der Waals surface area contributed by atoms with Crippen LogP contribution in [0.1, 0.15) is 99.8 Å². The maximum Gasteiger partial charge on any atom is 0.272 e. The van der Waals surface area contributed by atoms with Crippen molar-refractivity contribution in [2.75, 3.05) is 52.5 Å². The molecule has 11 heteroatoms. The molecule has 0 aromatic rings. The molecular weight excluding hydrogens is 656 g/mol. The van der Waals surface area contributed by atoms with Gasteiger partial charge in [0, 0.05) is 32.8 Å². The molecule has 3 unspecified atom stereocenters. The number of ether oxygens (including phenoxy) is 4. The fraction of sp³-hybridized carbons (Fsp3) is 1.00. The first-order chi connectivity index (χ1) is 23.8. The van der Waals surface area contributed by atoms with Gasteiger partial charge in [-0.1, -0.05) is 27.7 Å². The van der Waals surface area contributed by atoms with Gasteiger partial charge in [0.05, 0.1) is 55.3 Å². The van der Waals surface area contributed by atoms with Crippen molar-refractivity contribution in [2.24, 2.45) is 51.1 Å². The highest BCUT2D eigenvalue weighted by atomic mass is 19.3. The number of hydrogen-bond acceptors (Lipinski definition) is 9. The lowest BCUT2D eigenvalue weighted by Gasteiger charge is -2.63. The van der Waals surface area contributed by atoms with E-state index in [0.717, 1.165) is 58.0 Å². The maximum atomic E-state index is 13.3. The van der Waals surface area contributed by atoms with E-state index in [1.165, 1.54) is 6.42 Å². The van der Waals surface area contributed by atoms with E-state index < -0.39 is 29.3 Å². The number of hydrogen-bond donors (Lipinski definition) is 3. The molecule has 14 atom stereocenters. The van der Waals surface area contributed by atoms with Crippen LogP contribution in [-0.2, 0) is 18.9 Å². The highest BCUT2D eigenvalue weighted by Gasteiger charge is 2.85. The van der Waals surface area contributed by atoms with Crippen molar-refractivity contribution in [3.8, 4) is 0 Å². The van der Waals surface area contributed by atoms with Gasteiger partial charge in [0.2, 0.25) is 0 Å². The maximum absolute atomic E-state index is 13.3. The van der Waals surface area contributed by atoms with Crippen molar-refractivity contribution in [2.45, 2.75) is 154 Å². The molecule has 8 rings (SSSR count). The van der Waals surface area contributed by atoms with Gasteiger partial charge in [-0.3, -0.25) is 9.80 Å². The molecule has 0 aromatic heterocycles. The highest BCUT2D eigenvalue weighted by Crippen LogP contribution is 2.87. The van der Waals surface area contributed by atoms with E-state index in [0.29, 0.717) is 32.2 Å². The molecule has 0 radical (unpaired) electrons. The van der Waals surface area contributed by atoms with Crippen LogP contribution in [0, 0.1) is 45.3 Å². The molecule has 5 aliphatic carbocycles. The van der Waals surface area contributed by atoms with E-state index >= 15 is 0 Å². The summed E-state index contributed by atoms with van der Waals surface area (Å²) in [6, 6.07) is 0. The van der Waals surface area contributed by atoms with Crippen LogP contribution in [-0.4, -0.2) is 126 Å². The average molecular weight is 724 g/mol. The zero-order chi connectivity index (χ0) is 36.6. The van der Waals surface area contributed by atoms with Gasteiger partial charge in [-0.2, -0.15) is 0 Å². The zero-order valence-electron chi connectivity index (χ0n) is 32.3. The van der Waals surface area contributed by atoms with Crippen molar-refractivity contribution in [1.82, 2.24) is 9.80 Å². The molecule has 4 N–H and O–H groups in total. The molecule has 8 fully saturated rings. The second-order valence-corrected chi connectivity index (χ2v) is 20.0. The Morgan fingerprint density at radius 1 is 1.00 bits per heavy atom. The number of nitrogens with two attached hydrogens (primary N) is 1. The molecule has 0 amide bonds. The van der Waals surface area contributed by atoms with Crippen LogP contribution >= 0.6 is 0 Å². The first kappa shape index (κ1) is 37.4. The summed E-state index contributed by atoms with van der Waals surface area (Å²) in [5.41, 5.74) is 6.09. The number of nitrogens with zero attached hydrogens (tertiary/aromatic N) is 2. The van der Waals surface area contributed by atoms with E-state index in [1.807, 2.05) is 11.8 Å². The third-order valence-electron chi connectivity index (χ3n) is 16.7. The lowest BCUT2D eigenvalue weighted by Crippen LogP contribution is -2.70. The number of morpholine rings is 1. The predicted molar refractivity (Wildman–Crippen MR) is 189 cm³/mol. The van der Waals surface area contributed by atoms with Crippen molar-refractivity contribution >= 4 is 0 Å². The summed E-state index contributed by atoms with van der Waals surface area (Å²) < 4.78 is 52.7. The summed E-state index contributed by atoms with van der Waals surface area (Å²) in [5, 5.41) is 23.6. The Balaban J connectivity index is 0.968. The third kappa shape index (κ3) is 5.42. The Morgan fingerprint density at radius 2 is 1.69 bits per heavy atom. The van der Waals surface area contributed by atoms with E-state index in [2.05, 4.69) is 32.6 Å². The van der Waals surface area contributed by atoms with Crippen LogP contribution in [0.4, 0.5) is 8.78 Å². The van der Waals surface area contributed by atoms with Crippen molar-refractivity contribution in [3.05, 3.63) is 0 Å². The van der Waals surface area contributed by atoms with Crippen LogP contribution in [0.3, 0.4) is 0 Å². The number of likely N-dealkylation sites (tertiary alicyclic amines) is 1. The minimum atomic E-state index is -2.53. The molecule has 3 aliphatic heterocycles. The summed E-state index contributed by atoms with van der Waals surface area (Å²) in [6.07, 6.45) is 6.21. The predicted octanol–water partition coefficient (Wildman–Crippen LogP) is 4.66. The van der Waals surface area contributed by atoms with E-state index in [9.17, 15) is 19.0 Å². The highest BCUT2D eigenvalue weighted by molar-refractivity contribution is 5.35. The second kappa shape index (κ2) is 12.2. The smallest absolute Gasteiger partial charge is 0.272 e. The van der Waals surface area contributed by atoms with E-state index in [1.54, 1.807) is 13.8 Å². The van der Waals surface area contributed by atoms with Crippen molar-refractivity contribution < 1.29 is 37.9 Å². The standard InChI is InChI=1S/C40H67F2N3O6/c1-8-48-33(35(5,6)47)25-19-24(2)30-31(50-25)32(46)40(43)27-10-9-26-34(3,4)28(11-12-37(26)21-38(27,37)14-13-36(30,40)7)51-29-20-44(17-18-49-29)15-16-45-22-39(41,42)23-45/h24-33,46-47H,8-23,43H2,1-7H3/t24-,25?,26+,27?,28+,29+,30+,31?,32+,33+,36-,37-,38+,40+/m1/s1. The van der Waals surface area contributed by atoms with Gasteiger partial charge in [-0.15, -0.1) is 0 Å². The molecule has 5 saturated carbocycles. The Bertz CT molecular complexity index is 1330. The van der Waals surface area contributed by atoms with Crippen molar-refractivity contribution in [1.29, 1.82) is 0 Å². The Kier molecular flexibility index (Phi) is 8.99. The number of aliphatic hydroxyl groups is 2. The van der Waals surface area contributed by atoms with Gasteiger partial charge in [0.15, 0.2) is 6.29 Å². The van der Waals surface area contributed by atoms with Crippen LogP contribution in [0.15, 0.2) is 0 Å². The molecular formula is C40H67F2N3O6. The van der Waals surface area contributed by atoms with E-state index in [4.69, 9.17) is 24.7 Å². The van der Waals surface area contributed by atoms with Crippen LogP contribution in [0.2, 0.25) is 0 Å². The minimum Gasteiger partial charge on any atom is -0.388 e. The largest absolute Gasteiger partial charge is 0.388 e. The summed E-state index contributed by atoms with van der Waals surface area (Å²) in [7, 11) is 0. The lowest BCUT2D eigenvalue weighted by atomic mass is 9.43. The summed E-state index contributed by atoms with van der Waals surface area (Å²) in [4.78, 5) is 4.14. The first-order valence-electron chi connectivity index (χ1n) is 20.4. The lowest BCUT2D eigenvalue weighted by molar-refractivity contribution is -0.246. The third-order valence-corrected chi connectivity index (χ3v) is 16.7. The topological polar surface area (TPSA) is 110 Å². The van der Waals surface area contributed by atoms with Gasteiger partial charge >= 0.3 is 0 Å². The van der Waals surface area contributed by atoms with Gasteiger partial charge in [-0.05, 0) is 117 Å². The summed E-state index contributed by atoms with van der Waals surface area (Å²) in [5.74, 6) is -1.33. The Labute approximate surface area is 304 Å². The van der Waals surface area contributed by atoms with Gasteiger partial charge in [0.25, 0.3) is 5.92 Å². The quantitative estimate of drug-likeness (QED) is 0.313. The molecule has 3 heterocycles. The molecule has 3 saturated heterocycles. The number of aliphatic hydroxyl groups excluding tert-OH is 1. The minimum absolute atomic E-state index is 0.0391. The SMILES string of the molecule is CCO[C@@H](C1C[C@@H](C)[C@H]2C(O1)[C@H](O)[C@@]1(N)C3CC[C@H]4C(C)(C)[C@@H](O[C@H]5CN(CCN6CC(F)(F)C6)CCO5)CC[C@@]45C[C@@]35CC[C@]21C)C(C)(C)O. The number of fused-ring (bicyclic) bond motifs is 4. The van der Waals surface area contributed by atoms with Crippen LogP contribution in [0.5, 0.6) is 0 Å². The van der Waals surface area contributed by atoms with Crippen LogP contribution in [0.25, 0.3) is 0 Å². The molecule has 8 aliphatic rings. The van der Waals surface area contributed by atoms with Gasteiger partial charge < -0.3 is 34.9 Å². The summed E-state index contributed by atoms with van der Waals surface area (Å²) >= 11 is 0. The number of halogens is 2. The first-order valence-corrected chi connectivity index (χ1v) is 20.4. The number of rotatable bonds is 9. The average Bonchev–Trinajstić information content (AvgIpc) is 3.67. The Hall–Kier alpha value is -0.500. The molecule has 2 spiro atoms. The number of alkyl halides is 2. The van der Waals surface area contributed by atoms with Gasteiger partial charge in [0.1, 0.15) is 6.10 Å².